The van der Waals surface area contributed by atoms with E-state index in [0.29, 0.717) is 5.41 Å². The normalized spacial score (nSPS) is 12.5. The van der Waals surface area contributed by atoms with Gasteiger partial charge in [0.2, 0.25) is 0 Å². The monoisotopic (exact) mass is 203 g/mol. The Morgan fingerprint density at radius 1 is 1.23 bits per heavy atom. The molecule has 0 atom stereocenters. The summed E-state index contributed by atoms with van der Waals surface area (Å²) in [6.07, 6.45) is 3.93. The molecule has 0 fully saturated rings. The van der Waals surface area contributed by atoms with E-state index in [1.807, 2.05) is 0 Å². The van der Waals surface area contributed by atoms with E-state index in [1.165, 1.54) is 25.0 Å². The van der Waals surface area contributed by atoms with Gasteiger partial charge in [0, 0.05) is 0 Å². The van der Waals surface area contributed by atoms with Gasteiger partial charge < -0.3 is 5.73 Å². The van der Waals surface area contributed by atoms with Gasteiger partial charge in [-0.25, -0.2) is 0 Å². The summed E-state index contributed by atoms with van der Waals surface area (Å²) in [5.74, 6) is 1.30. The van der Waals surface area contributed by atoms with Crippen LogP contribution in [0, 0.1) is 5.41 Å². The summed E-state index contributed by atoms with van der Waals surface area (Å²) in [6, 6.07) is 0. The van der Waals surface area contributed by atoms with Gasteiger partial charge in [-0.3, -0.25) is 0 Å². The average molecular weight is 203 g/mol. The van der Waals surface area contributed by atoms with Gasteiger partial charge in [-0.1, -0.05) is 34.1 Å². The Bertz CT molecular complexity index is 121. The summed E-state index contributed by atoms with van der Waals surface area (Å²) in [5, 5.41) is 0.780. The lowest BCUT2D eigenvalue weighted by atomic mass is 9.88. The molecule has 0 bridgehead atoms. The van der Waals surface area contributed by atoms with Gasteiger partial charge in [-0.15, -0.1) is 0 Å². The average Bonchev–Trinajstić information content (AvgIpc) is 2.03. The molecule has 0 aromatic carbocycles. The van der Waals surface area contributed by atoms with Crippen molar-refractivity contribution in [3.8, 4) is 0 Å². The molecule has 0 aromatic rings. The number of hydrogen-bond acceptors (Lipinski definition) is 2. The van der Waals surface area contributed by atoms with Gasteiger partial charge in [-0.05, 0) is 35.8 Å². The van der Waals surface area contributed by atoms with Crippen molar-refractivity contribution in [1.29, 1.82) is 0 Å². The first-order chi connectivity index (χ1) is 5.98. The first kappa shape index (κ1) is 13.3. The molecule has 0 aliphatic carbocycles. The first-order valence-electron chi connectivity index (χ1n) is 5.29. The van der Waals surface area contributed by atoms with Crippen LogP contribution in [0.5, 0.6) is 0 Å². The van der Waals surface area contributed by atoms with Crippen molar-refractivity contribution in [2.45, 2.75) is 52.2 Å². The predicted octanol–water partition coefficient (Wildman–Crippen LogP) is 3.28. The SMILES string of the molecule is CC(C)SCCCCC(C)(C)CN. The minimum atomic E-state index is 0.350. The van der Waals surface area contributed by atoms with Crippen molar-refractivity contribution in [2.24, 2.45) is 11.1 Å². The highest BCUT2D eigenvalue weighted by atomic mass is 32.2. The Labute approximate surface area is 87.9 Å². The molecule has 2 heteroatoms. The lowest BCUT2D eigenvalue weighted by Crippen LogP contribution is -2.23. The zero-order chi connectivity index (χ0) is 10.3. The summed E-state index contributed by atoms with van der Waals surface area (Å²) in [7, 11) is 0. The number of thioether (sulfide) groups is 1. The molecule has 80 valence electrons. The summed E-state index contributed by atoms with van der Waals surface area (Å²) in [6.45, 7) is 9.83. The van der Waals surface area contributed by atoms with Crippen LogP contribution in [0.1, 0.15) is 47.0 Å². The molecule has 1 nitrogen and oxygen atoms in total. The molecule has 0 amide bonds. The molecule has 0 unspecified atom stereocenters. The smallest absolute Gasteiger partial charge is 0.000968 e. The minimum Gasteiger partial charge on any atom is -0.330 e. The van der Waals surface area contributed by atoms with E-state index in [9.17, 15) is 0 Å². The molecule has 0 heterocycles. The molecule has 0 saturated heterocycles. The van der Waals surface area contributed by atoms with Gasteiger partial charge >= 0.3 is 0 Å². The lowest BCUT2D eigenvalue weighted by Gasteiger charge is -2.21. The van der Waals surface area contributed by atoms with Crippen molar-refractivity contribution in [3.05, 3.63) is 0 Å². The number of nitrogens with two attached hydrogens (primary N) is 1. The summed E-state index contributed by atoms with van der Waals surface area (Å²) < 4.78 is 0. The molecule has 0 aliphatic rings. The standard InChI is InChI=1S/C11H25NS/c1-10(2)13-8-6-5-7-11(3,4)9-12/h10H,5-9,12H2,1-4H3. The van der Waals surface area contributed by atoms with E-state index in [4.69, 9.17) is 5.73 Å². The highest BCUT2D eigenvalue weighted by molar-refractivity contribution is 7.99. The van der Waals surface area contributed by atoms with Gasteiger partial charge in [0.15, 0.2) is 0 Å². The fourth-order valence-corrected chi connectivity index (χ4v) is 1.97. The zero-order valence-electron chi connectivity index (χ0n) is 9.60. The van der Waals surface area contributed by atoms with E-state index in [0.717, 1.165) is 11.8 Å². The Balaban J connectivity index is 3.26. The molecule has 0 spiro atoms. The fourth-order valence-electron chi connectivity index (χ4n) is 1.13. The number of rotatable bonds is 7. The Kier molecular flexibility index (Phi) is 6.88. The molecule has 0 radical (unpaired) electrons. The maximum absolute atomic E-state index is 5.66. The van der Waals surface area contributed by atoms with Crippen LogP contribution >= 0.6 is 11.8 Å². The third-order valence-electron chi connectivity index (χ3n) is 2.25. The zero-order valence-corrected chi connectivity index (χ0v) is 10.4. The molecular formula is C11H25NS. The molecule has 2 N–H and O–H groups in total. The quantitative estimate of drug-likeness (QED) is 0.643. The third-order valence-corrected chi connectivity index (χ3v) is 3.44. The number of hydrogen-bond donors (Lipinski definition) is 1. The van der Waals surface area contributed by atoms with Crippen LogP contribution in [0.25, 0.3) is 0 Å². The van der Waals surface area contributed by atoms with Crippen LogP contribution in [0.2, 0.25) is 0 Å². The van der Waals surface area contributed by atoms with Gasteiger partial charge in [-0.2, -0.15) is 11.8 Å². The maximum atomic E-state index is 5.66. The summed E-state index contributed by atoms with van der Waals surface area (Å²) >= 11 is 2.06. The molecule has 0 rings (SSSR count). The summed E-state index contributed by atoms with van der Waals surface area (Å²) in [4.78, 5) is 0. The highest BCUT2D eigenvalue weighted by Crippen LogP contribution is 2.22. The van der Waals surface area contributed by atoms with E-state index < -0.39 is 0 Å². The molecule has 13 heavy (non-hydrogen) atoms. The Hall–Kier alpha value is 0.310. The molecule has 0 aromatic heterocycles. The van der Waals surface area contributed by atoms with Crippen LogP contribution in [0.15, 0.2) is 0 Å². The largest absolute Gasteiger partial charge is 0.330 e. The highest BCUT2D eigenvalue weighted by Gasteiger charge is 2.14. The predicted molar refractivity (Wildman–Crippen MR) is 64.3 cm³/mol. The first-order valence-corrected chi connectivity index (χ1v) is 6.34. The van der Waals surface area contributed by atoms with Gasteiger partial charge in [0.05, 0.1) is 0 Å². The van der Waals surface area contributed by atoms with Crippen LogP contribution < -0.4 is 5.73 Å². The second kappa shape index (κ2) is 6.72. The van der Waals surface area contributed by atoms with Crippen LogP contribution in [-0.2, 0) is 0 Å². The van der Waals surface area contributed by atoms with Crippen molar-refractivity contribution in [3.63, 3.8) is 0 Å². The Morgan fingerprint density at radius 2 is 1.85 bits per heavy atom. The summed E-state index contributed by atoms with van der Waals surface area (Å²) in [5.41, 5.74) is 6.01. The van der Waals surface area contributed by atoms with Gasteiger partial charge in [0.25, 0.3) is 0 Å². The second-order valence-electron chi connectivity index (χ2n) is 4.74. The fraction of sp³-hybridized carbons (Fsp3) is 1.00. The van der Waals surface area contributed by atoms with Crippen molar-refractivity contribution < 1.29 is 0 Å². The topological polar surface area (TPSA) is 26.0 Å². The van der Waals surface area contributed by atoms with E-state index in [-0.39, 0.29) is 0 Å². The molecular weight excluding hydrogens is 178 g/mol. The lowest BCUT2D eigenvalue weighted by molar-refractivity contribution is 0.336. The van der Waals surface area contributed by atoms with Crippen LogP contribution in [0.3, 0.4) is 0 Å². The van der Waals surface area contributed by atoms with E-state index in [1.54, 1.807) is 0 Å². The second-order valence-corrected chi connectivity index (χ2v) is 6.43. The van der Waals surface area contributed by atoms with Crippen molar-refractivity contribution >= 4 is 11.8 Å². The molecule has 0 aliphatic heterocycles. The van der Waals surface area contributed by atoms with Crippen molar-refractivity contribution in [1.82, 2.24) is 0 Å². The van der Waals surface area contributed by atoms with Gasteiger partial charge in [0.1, 0.15) is 0 Å². The minimum absolute atomic E-state index is 0.350. The van der Waals surface area contributed by atoms with E-state index in [2.05, 4.69) is 39.5 Å². The van der Waals surface area contributed by atoms with Crippen molar-refractivity contribution in [2.75, 3.05) is 12.3 Å². The van der Waals surface area contributed by atoms with Crippen LogP contribution in [0.4, 0.5) is 0 Å². The third kappa shape index (κ3) is 8.63. The van der Waals surface area contributed by atoms with Crippen LogP contribution in [-0.4, -0.2) is 17.5 Å². The number of unbranched alkanes of at least 4 members (excludes halogenated alkanes) is 1. The maximum Gasteiger partial charge on any atom is -0.000968 e. The molecule has 0 saturated carbocycles. The van der Waals surface area contributed by atoms with E-state index >= 15 is 0 Å². The Morgan fingerprint density at radius 3 is 2.31 bits per heavy atom.